The van der Waals surface area contributed by atoms with E-state index in [0.717, 1.165) is 43.5 Å². The van der Waals surface area contributed by atoms with Crippen LogP contribution in [0.4, 0.5) is 5.13 Å². The zero-order valence-corrected chi connectivity index (χ0v) is 14.5. The Morgan fingerprint density at radius 2 is 1.96 bits per heavy atom. The minimum atomic E-state index is 0.157. The summed E-state index contributed by atoms with van der Waals surface area (Å²) in [5.74, 6) is 1.71. The second-order valence-electron chi connectivity index (χ2n) is 6.35. The summed E-state index contributed by atoms with van der Waals surface area (Å²) in [6.45, 7) is 3.34. The summed E-state index contributed by atoms with van der Waals surface area (Å²) in [4.78, 5) is 21.4. The van der Waals surface area contributed by atoms with Crippen molar-refractivity contribution < 1.29 is 9.53 Å². The summed E-state index contributed by atoms with van der Waals surface area (Å²) in [7, 11) is 1.67. The van der Waals surface area contributed by atoms with Crippen LogP contribution in [-0.4, -0.2) is 49.1 Å². The van der Waals surface area contributed by atoms with Crippen molar-refractivity contribution in [3.05, 3.63) is 41.4 Å². The first-order chi connectivity index (χ1) is 11.8. The summed E-state index contributed by atoms with van der Waals surface area (Å²) >= 11 is 1.66. The molecule has 1 aliphatic carbocycles. The molecule has 1 saturated carbocycles. The molecule has 2 atom stereocenters. The van der Waals surface area contributed by atoms with Crippen molar-refractivity contribution >= 4 is 22.4 Å². The Bertz CT molecular complexity index is 694. The maximum Gasteiger partial charge on any atom is 0.226 e. The van der Waals surface area contributed by atoms with Crippen molar-refractivity contribution in [3.63, 3.8) is 0 Å². The Morgan fingerprint density at radius 1 is 1.21 bits per heavy atom. The minimum Gasteiger partial charge on any atom is -0.497 e. The molecule has 2 heterocycles. The lowest BCUT2D eigenvalue weighted by Gasteiger charge is -2.34. The summed E-state index contributed by atoms with van der Waals surface area (Å²) in [6.07, 6.45) is 2.80. The average molecular weight is 343 g/mol. The second kappa shape index (κ2) is 6.43. The molecular weight excluding hydrogens is 322 g/mol. The van der Waals surface area contributed by atoms with Crippen LogP contribution in [0.25, 0.3) is 0 Å². The maximum absolute atomic E-state index is 12.7. The van der Waals surface area contributed by atoms with E-state index in [2.05, 4.69) is 22.0 Å². The van der Waals surface area contributed by atoms with Gasteiger partial charge in [-0.2, -0.15) is 0 Å². The van der Waals surface area contributed by atoms with E-state index >= 15 is 0 Å². The molecule has 0 N–H and O–H groups in total. The Morgan fingerprint density at radius 3 is 2.58 bits per heavy atom. The summed E-state index contributed by atoms with van der Waals surface area (Å²) in [5, 5.41) is 3.06. The molecule has 1 aromatic carbocycles. The van der Waals surface area contributed by atoms with Gasteiger partial charge in [-0.25, -0.2) is 4.98 Å². The summed E-state index contributed by atoms with van der Waals surface area (Å²) < 4.78 is 5.20. The summed E-state index contributed by atoms with van der Waals surface area (Å²) in [6, 6.07) is 8.11. The number of hydrogen-bond donors (Lipinski definition) is 0. The van der Waals surface area contributed by atoms with E-state index in [0.29, 0.717) is 11.8 Å². The number of piperazine rings is 1. The first-order valence-electron chi connectivity index (χ1n) is 8.33. The largest absolute Gasteiger partial charge is 0.497 e. The number of ether oxygens (including phenoxy) is 1. The molecule has 5 nitrogen and oxygen atoms in total. The number of carbonyl (C=O) groups is 1. The van der Waals surface area contributed by atoms with Gasteiger partial charge in [0.2, 0.25) is 5.91 Å². The van der Waals surface area contributed by atoms with Crippen LogP contribution in [0.1, 0.15) is 17.9 Å². The monoisotopic (exact) mass is 343 g/mol. The molecule has 6 heteroatoms. The van der Waals surface area contributed by atoms with Crippen LogP contribution in [0.15, 0.2) is 35.8 Å². The molecule has 0 spiro atoms. The van der Waals surface area contributed by atoms with Crippen molar-refractivity contribution in [3.8, 4) is 5.75 Å². The third-order valence-corrected chi connectivity index (χ3v) is 5.76. The van der Waals surface area contributed by atoms with Crippen LogP contribution in [0.5, 0.6) is 5.75 Å². The SMILES string of the molecule is COc1ccc([C@H]2C[C@@H]2C(=O)N2CCN(c3nccs3)CC2)cc1. The summed E-state index contributed by atoms with van der Waals surface area (Å²) in [5.41, 5.74) is 1.25. The number of amides is 1. The first-order valence-corrected chi connectivity index (χ1v) is 9.21. The average Bonchev–Trinajstić information content (AvgIpc) is 3.25. The Hall–Kier alpha value is -2.08. The van der Waals surface area contributed by atoms with Gasteiger partial charge in [-0.05, 0) is 30.0 Å². The van der Waals surface area contributed by atoms with E-state index in [1.165, 1.54) is 5.56 Å². The standard InChI is InChI=1S/C18H21N3O2S/c1-23-14-4-2-13(3-5-14)15-12-16(15)17(22)20-7-9-21(10-8-20)18-19-6-11-24-18/h2-6,11,15-16H,7-10,12H2,1H3/t15-,16+/m1/s1. The number of carbonyl (C=O) groups excluding carboxylic acids is 1. The van der Waals surface area contributed by atoms with Crippen LogP contribution >= 0.6 is 11.3 Å². The number of aromatic nitrogens is 1. The van der Waals surface area contributed by atoms with Crippen LogP contribution in [0.3, 0.4) is 0 Å². The fourth-order valence-electron chi connectivity index (χ4n) is 3.41. The van der Waals surface area contributed by atoms with E-state index in [9.17, 15) is 4.79 Å². The van der Waals surface area contributed by atoms with E-state index in [4.69, 9.17) is 4.74 Å². The van der Waals surface area contributed by atoms with Crippen LogP contribution in [0, 0.1) is 5.92 Å². The third-order valence-electron chi connectivity index (χ3n) is 4.93. The zero-order chi connectivity index (χ0) is 16.5. The molecular formula is C18H21N3O2S. The van der Waals surface area contributed by atoms with Gasteiger partial charge >= 0.3 is 0 Å². The molecule has 24 heavy (non-hydrogen) atoms. The minimum absolute atomic E-state index is 0.157. The fraction of sp³-hybridized carbons (Fsp3) is 0.444. The van der Waals surface area contributed by atoms with Gasteiger partial charge < -0.3 is 14.5 Å². The van der Waals surface area contributed by atoms with Gasteiger partial charge in [0.15, 0.2) is 5.13 Å². The van der Waals surface area contributed by atoms with Gasteiger partial charge in [-0.1, -0.05) is 12.1 Å². The lowest BCUT2D eigenvalue weighted by Crippen LogP contribution is -2.49. The van der Waals surface area contributed by atoms with Crippen LogP contribution in [-0.2, 0) is 4.79 Å². The second-order valence-corrected chi connectivity index (χ2v) is 7.22. The predicted molar refractivity (Wildman–Crippen MR) is 94.7 cm³/mol. The van der Waals surface area contributed by atoms with Gasteiger partial charge in [0.25, 0.3) is 0 Å². The van der Waals surface area contributed by atoms with Crippen molar-refractivity contribution in [2.45, 2.75) is 12.3 Å². The molecule has 1 aliphatic heterocycles. The van der Waals surface area contributed by atoms with Gasteiger partial charge in [-0.15, -0.1) is 11.3 Å². The van der Waals surface area contributed by atoms with E-state index in [-0.39, 0.29) is 5.92 Å². The molecule has 2 aliphatic rings. The van der Waals surface area contributed by atoms with Gasteiger partial charge in [0, 0.05) is 43.7 Å². The van der Waals surface area contributed by atoms with Crippen molar-refractivity contribution in [1.82, 2.24) is 9.88 Å². The lowest BCUT2D eigenvalue weighted by atomic mass is 10.1. The first kappa shape index (κ1) is 15.4. The molecule has 1 aromatic heterocycles. The predicted octanol–water partition coefficient (Wildman–Crippen LogP) is 2.60. The molecule has 0 bridgehead atoms. The number of thiazole rings is 1. The topological polar surface area (TPSA) is 45.7 Å². The van der Waals surface area contributed by atoms with Crippen molar-refractivity contribution in [1.29, 1.82) is 0 Å². The highest BCUT2D eigenvalue weighted by atomic mass is 32.1. The number of hydrogen-bond acceptors (Lipinski definition) is 5. The highest BCUT2D eigenvalue weighted by molar-refractivity contribution is 7.13. The van der Waals surface area contributed by atoms with E-state index in [1.54, 1.807) is 18.4 Å². The van der Waals surface area contributed by atoms with Crippen LogP contribution in [0.2, 0.25) is 0 Å². The highest BCUT2D eigenvalue weighted by Crippen LogP contribution is 2.48. The number of nitrogens with zero attached hydrogens (tertiary/aromatic N) is 3. The zero-order valence-electron chi connectivity index (χ0n) is 13.7. The van der Waals surface area contributed by atoms with Crippen molar-refractivity contribution in [2.75, 3.05) is 38.2 Å². The van der Waals surface area contributed by atoms with Gasteiger partial charge in [0.05, 0.1) is 7.11 Å². The molecule has 126 valence electrons. The number of benzene rings is 1. The molecule has 2 aromatic rings. The molecule has 4 rings (SSSR count). The Balaban J connectivity index is 1.32. The molecule has 1 saturated heterocycles. The fourth-order valence-corrected chi connectivity index (χ4v) is 4.11. The molecule has 0 radical (unpaired) electrons. The number of rotatable bonds is 4. The molecule has 1 amide bonds. The highest BCUT2D eigenvalue weighted by Gasteiger charge is 2.46. The smallest absolute Gasteiger partial charge is 0.226 e. The maximum atomic E-state index is 12.7. The number of methoxy groups -OCH3 is 1. The van der Waals surface area contributed by atoms with Gasteiger partial charge in [0.1, 0.15) is 5.75 Å². The third kappa shape index (κ3) is 2.98. The Labute approximate surface area is 145 Å². The van der Waals surface area contributed by atoms with Crippen molar-refractivity contribution in [2.24, 2.45) is 5.92 Å². The van der Waals surface area contributed by atoms with Crippen LogP contribution < -0.4 is 9.64 Å². The quantitative estimate of drug-likeness (QED) is 0.856. The number of anilines is 1. The van der Waals surface area contributed by atoms with E-state index < -0.39 is 0 Å². The molecule has 0 unspecified atom stereocenters. The lowest BCUT2D eigenvalue weighted by molar-refractivity contribution is -0.132. The molecule has 2 fully saturated rings. The van der Waals surface area contributed by atoms with E-state index in [1.807, 2.05) is 28.6 Å². The van der Waals surface area contributed by atoms with Gasteiger partial charge in [-0.3, -0.25) is 4.79 Å². The Kier molecular flexibility index (Phi) is 4.14. The normalized spacial score (nSPS) is 23.2.